The molecule has 1 fully saturated rings. The van der Waals surface area contributed by atoms with E-state index in [4.69, 9.17) is 4.74 Å². The van der Waals surface area contributed by atoms with Crippen LogP contribution >= 0.6 is 0 Å². The molecule has 39 heavy (non-hydrogen) atoms. The van der Waals surface area contributed by atoms with E-state index in [2.05, 4.69) is 5.32 Å². The molecule has 0 atom stereocenters. The first-order valence-electron chi connectivity index (χ1n) is 12.8. The van der Waals surface area contributed by atoms with Crippen LogP contribution in [0.3, 0.4) is 0 Å². The summed E-state index contributed by atoms with van der Waals surface area (Å²) in [6, 6.07) is 11.9. The Morgan fingerprint density at radius 2 is 1.87 bits per heavy atom. The van der Waals surface area contributed by atoms with Gasteiger partial charge in [-0.2, -0.15) is 0 Å². The molecule has 1 saturated carbocycles. The fraction of sp³-hybridized carbons (Fsp3) is 0.345. The van der Waals surface area contributed by atoms with E-state index < -0.39 is 40.5 Å². The van der Waals surface area contributed by atoms with Crippen LogP contribution in [0.25, 0.3) is 0 Å². The van der Waals surface area contributed by atoms with Gasteiger partial charge in [0, 0.05) is 37.0 Å². The molecule has 3 aromatic rings. The van der Waals surface area contributed by atoms with E-state index in [0.29, 0.717) is 25.5 Å². The van der Waals surface area contributed by atoms with Gasteiger partial charge in [-0.15, -0.1) is 0 Å². The maximum atomic E-state index is 14.1. The van der Waals surface area contributed by atoms with E-state index in [0.717, 1.165) is 11.6 Å². The second-order valence-electron chi connectivity index (χ2n) is 10.4. The summed E-state index contributed by atoms with van der Waals surface area (Å²) in [4.78, 5) is 42.2. The molecular weight excluding hydrogens is 508 g/mol. The Morgan fingerprint density at radius 1 is 1.15 bits per heavy atom. The molecule has 2 amide bonds. The number of aliphatic hydroxyl groups is 1. The quantitative estimate of drug-likeness (QED) is 0.482. The molecule has 0 unspecified atom stereocenters. The van der Waals surface area contributed by atoms with Gasteiger partial charge < -0.3 is 24.6 Å². The molecule has 1 aliphatic carbocycles. The predicted molar refractivity (Wildman–Crippen MR) is 138 cm³/mol. The first-order valence-corrected chi connectivity index (χ1v) is 12.8. The zero-order valence-corrected chi connectivity index (χ0v) is 21.6. The van der Waals surface area contributed by atoms with Crippen LogP contribution in [-0.2, 0) is 18.7 Å². The predicted octanol–water partition coefficient (Wildman–Crippen LogP) is 3.35. The number of hydrogen-bond acceptors (Lipinski definition) is 5. The number of halogens is 2. The van der Waals surface area contributed by atoms with Crippen LogP contribution < -0.4 is 15.5 Å². The summed E-state index contributed by atoms with van der Waals surface area (Å²) >= 11 is 0. The molecule has 2 aromatic carbocycles. The molecule has 1 spiro atoms. The minimum Gasteiger partial charge on any atom is -0.483 e. The summed E-state index contributed by atoms with van der Waals surface area (Å²) in [6.45, 7) is 3.75. The van der Waals surface area contributed by atoms with E-state index in [1.54, 1.807) is 9.47 Å². The summed E-state index contributed by atoms with van der Waals surface area (Å²) < 4.78 is 35.0. The number of carbonyl (C=O) groups is 2. The number of aliphatic hydroxyl groups excluding tert-OH is 1. The first kappa shape index (κ1) is 26.6. The number of aromatic nitrogens is 1. The monoisotopic (exact) mass is 537 g/mol. The third kappa shape index (κ3) is 4.92. The van der Waals surface area contributed by atoms with Crippen LogP contribution in [0, 0.1) is 11.6 Å². The van der Waals surface area contributed by atoms with Crippen molar-refractivity contribution in [3.05, 3.63) is 99.0 Å². The molecule has 0 saturated heterocycles. The Hall–Kier alpha value is -4.05. The van der Waals surface area contributed by atoms with Gasteiger partial charge in [-0.3, -0.25) is 14.4 Å². The molecule has 5 rings (SSSR count). The lowest BCUT2D eigenvalue weighted by atomic mass is 9.72. The van der Waals surface area contributed by atoms with Crippen LogP contribution in [-0.4, -0.2) is 45.1 Å². The Bertz CT molecular complexity index is 1480. The molecule has 10 heteroatoms. The van der Waals surface area contributed by atoms with Gasteiger partial charge in [0.25, 0.3) is 11.8 Å². The number of pyridine rings is 1. The van der Waals surface area contributed by atoms with Crippen molar-refractivity contribution >= 4 is 11.8 Å². The van der Waals surface area contributed by atoms with Crippen molar-refractivity contribution in [2.45, 2.75) is 57.5 Å². The molecule has 2 heterocycles. The van der Waals surface area contributed by atoms with Gasteiger partial charge >= 0.3 is 0 Å². The average Bonchev–Trinajstić information content (AvgIpc) is 2.88. The van der Waals surface area contributed by atoms with Crippen LogP contribution in [0.15, 0.2) is 59.5 Å². The largest absolute Gasteiger partial charge is 0.483 e. The van der Waals surface area contributed by atoms with Crippen molar-refractivity contribution in [2.24, 2.45) is 0 Å². The van der Waals surface area contributed by atoms with Gasteiger partial charge in [-0.1, -0.05) is 36.4 Å². The zero-order valence-electron chi connectivity index (χ0n) is 21.6. The van der Waals surface area contributed by atoms with Crippen LogP contribution in [0.5, 0.6) is 5.75 Å². The standard InChI is InChI=1S/C29H29F2N3O5/c1-17(2)33-16-29(11-21(35)12-29)34-14-22(27(37)32-13-19-8-9-20(30)10-23(19)31)25(36)26(24(34)28(33)38)39-15-18-6-4-3-5-7-18/h3-10,14,17,21,35H,11-13,15-16H2,1-2H3,(H,32,37). The normalized spacial score (nSPS) is 20.1. The summed E-state index contributed by atoms with van der Waals surface area (Å²) in [7, 11) is 0. The molecule has 0 bridgehead atoms. The van der Waals surface area contributed by atoms with Gasteiger partial charge in [0.2, 0.25) is 5.43 Å². The van der Waals surface area contributed by atoms with Crippen molar-refractivity contribution in [1.82, 2.24) is 14.8 Å². The van der Waals surface area contributed by atoms with Crippen LogP contribution in [0.1, 0.15) is 58.7 Å². The van der Waals surface area contributed by atoms with Gasteiger partial charge in [0.15, 0.2) is 11.4 Å². The molecule has 2 N–H and O–H groups in total. The third-order valence-corrected chi connectivity index (χ3v) is 7.38. The van der Waals surface area contributed by atoms with E-state index in [-0.39, 0.29) is 41.8 Å². The Labute approximate surface area is 223 Å². The van der Waals surface area contributed by atoms with Crippen molar-refractivity contribution in [1.29, 1.82) is 0 Å². The lowest BCUT2D eigenvalue weighted by Crippen LogP contribution is -2.63. The van der Waals surface area contributed by atoms with Crippen LogP contribution in [0.2, 0.25) is 0 Å². The molecule has 1 aliphatic heterocycles. The highest BCUT2D eigenvalue weighted by Crippen LogP contribution is 2.45. The number of rotatable bonds is 7. The van der Waals surface area contributed by atoms with Crippen LogP contribution in [0.4, 0.5) is 8.78 Å². The maximum Gasteiger partial charge on any atom is 0.274 e. The first-order chi connectivity index (χ1) is 18.6. The summed E-state index contributed by atoms with van der Waals surface area (Å²) in [5, 5.41) is 12.8. The second-order valence-corrected chi connectivity index (χ2v) is 10.4. The molecule has 8 nitrogen and oxygen atoms in total. The summed E-state index contributed by atoms with van der Waals surface area (Å²) in [6.07, 6.45) is 1.41. The fourth-order valence-corrected chi connectivity index (χ4v) is 5.29. The number of hydrogen-bond donors (Lipinski definition) is 2. The topological polar surface area (TPSA) is 101 Å². The number of carbonyl (C=O) groups excluding carboxylic acids is 2. The number of fused-ring (bicyclic) bond motifs is 2. The van der Waals surface area contributed by atoms with Gasteiger partial charge in [0.1, 0.15) is 23.8 Å². The highest BCUT2D eigenvalue weighted by Gasteiger charge is 2.52. The minimum absolute atomic E-state index is 0.0144. The number of benzene rings is 2. The lowest BCUT2D eigenvalue weighted by molar-refractivity contribution is -0.0529. The summed E-state index contributed by atoms with van der Waals surface area (Å²) in [5.74, 6) is -3.03. The minimum atomic E-state index is -0.828. The van der Waals surface area contributed by atoms with E-state index in [1.165, 1.54) is 12.3 Å². The SMILES string of the molecule is CC(C)N1CC2(CC(O)C2)n2cc(C(=O)NCc3ccc(F)cc3F)c(=O)c(OCc3ccccc3)c2C1=O. The maximum absolute atomic E-state index is 14.1. The van der Waals surface area contributed by atoms with Gasteiger partial charge in [-0.05, 0) is 38.3 Å². The highest BCUT2D eigenvalue weighted by atomic mass is 19.1. The number of amides is 2. The Balaban J connectivity index is 1.58. The average molecular weight is 538 g/mol. The highest BCUT2D eigenvalue weighted by molar-refractivity contribution is 5.99. The van der Waals surface area contributed by atoms with Gasteiger partial charge in [-0.25, -0.2) is 8.78 Å². The van der Waals surface area contributed by atoms with Crippen molar-refractivity contribution in [3.8, 4) is 5.75 Å². The molecule has 204 valence electrons. The molecule has 0 radical (unpaired) electrons. The van der Waals surface area contributed by atoms with E-state index in [9.17, 15) is 28.3 Å². The Kier molecular flexibility index (Phi) is 6.98. The number of nitrogens with one attached hydrogen (secondary N) is 1. The molecule has 2 aliphatic rings. The van der Waals surface area contributed by atoms with E-state index in [1.807, 2.05) is 44.2 Å². The zero-order chi connectivity index (χ0) is 27.9. The molecular formula is C29H29F2N3O5. The molecule has 1 aromatic heterocycles. The number of nitrogens with zero attached hydrogens (tertiary/aromatic N) is 2. The Morgan fingerprint density at radius 3 is 2.51 bits per heavy atom. The van der Waals surface area contributed by atoms with Crippen molar-refractivity contribution < 1.29 is 28.2 Å². The smallest absolute Gasteiger partial charge is 0.274 e. The van der Waals surface area contributed by atoms with Crippen molar-refractivity contribution in [3.63, 3.8) is 0 Å². The second kappa shape index (κ2) is 10.3. The third-order valence-electron chi connectivity index (χ3n) is 7.38. The summed E-state index contributed by atoms with van der Waals surface area (Å²) in [5.41, 5.74) is -0.938. The van der Waals surface area contributed by atoms with Gasteiger partial charge in [0.05, 0.1) is 11.6 Å². The van der Waals surface area contributed by atoms with E-state index >= 15 is 0 Å². The number of ether oxygens (including phenoxy) is 1. The fourth-order valence-electron chi connectivity index (χ4n) is 5.29. The van der Waals surface area contributed by atoms with Crippen molar-refractivity contribution in [2.75, 3.05) is 6.54 Å². The lowest BCUT2D eigenvalue weighted by Gasteiger charge is -2.54.